The van der Waals surface area contributed by atoms with E-state index in [1.165, 1.54) is 10.4 Å². The Labute approximate surface area is 104 Å². The summed E-state index contributed by atoms with van der Waals surface area (Å²) in [5.74, 6) is 0. The number of hydrogen-bond acceptors (Lipinski definition) is 5. The molecule has 2 heterocycles. The quantitative estimate of drug-likeness (QED) is 0.890. The van der Waals surface area contributed by atoms with Gasteiger partial charge in [-0.2, -0.15) is 0 Å². The number of nitrogens with one attached hydrogen (secondary N) is 1. The van der Waals surface area contributed by atoms with E-state index in [0.29, 0.717) is 0 Å². The van der Waals surface area contributed by atoms with Gasteiger partial charge in [0.2, 0.25) is 0 Å². The summed E-state index contributed by atoms with van der Waals surface area (Å²) >= 11 is 3.44. The first-order valence-corrected chi connectivity index (χ1v) is 7.14. The monoisotopic (exact) mass is 253 g/mol. The van der Waals surface area contributed by atoms with Crippen molar-refractivity contribution in [2.45, 2.75) is 26.8 Å². The Morgan fingerprint density at radius 1 is 1.31 bits per heavy atom. The average molecular weight is 253 g/mol. The normalized spacial score (nSPS) is 10.9. The first kappa shape index (κ1) is 11.7. The van der Waals surface area contributed by atoms with E-state index in [1.807, 2.05) is 0 Å². The molecule has 0 amide bonds. The summed E-state index contributed by atoms with van der Waals surface area (Å²) in [6.45, 7) is 6.05. The molecule has 2 aromatic rings. The highest BCUT2D eigenvalue weighted by molar-refractivity contribution is 7.20. The van der Waals surface area contributed by atoms with Crippen LogP contribution in [0.4, 0.5) is 0 Å². The van der Waals surface area contributed by atoms with Gasteiger partial charge < -0.3 is 5.32 Å². The second-order valence-corrected chi connectivity index (χ2v) is 5.39. The van der Waals surface area contributed by atoms with Crippen LogP contribution >= 0.6 is 22.7 Å². The maximum Gasteiger partial charge on any atom is 0.158 e. The molecule has 0 aliphatic carbocycles. The third-order valence-corrected chi connectivity index (χ3v) is 4.35. The number of aryl methyl sites for hydroxylation is 1. The summed E-state index contributed by atoms with van der Waals surface area (Å²) in [5.41, 5.74) is 1.37. The molecule has 0 fully saturated rings. The van der Waals surface area contributed by atoms with Crippen molar-refractivity contribution in [3.63, 3.8) is 0 Å². The van der Waals surface area contributed by atoms with Crippen LogP contribution in [-0.4, -0.2) is 16.7 Å². The van der Waals surface area contributed by atoms with Crippen molar-refractivity contribution in [3.8, 4) is 9.88 Å². The second kappa shape index (κ2) is 5.52. The van der Waals surface area contributed by atoms with Gasteiger partial charge in [-0.15, -0.1) is 21.5 Å². The van der Waals surface area contributed by atoms with Gasteiger partial charge >= 0.3 is 0 Å². The van der Waals surface area contributed by atoms with Crippen LogP contribution < -0.4 is 5.32 Å². The molecule has 0 saturated heterocycles. The van der Waals surface area contributed by atoms with E-state index in [4.69, 9.17) is 0 Å². The second-order valence-electron chi connectivity index (χ2n) is 3.41. The van der Waals surface area contributed by atoms with Crippen molar-refractivity contribution >= 4 is 22.7 Å². The summed E-state index contributed by atoms with van der Waals surface area (Å²) in [5, 5.41) is 16.0. The molecule has 0 unspecified atom stereocenters. The molecule has 3 nitrogen and oxygen atoms in total. The highest BCUT2D eigenvalue weighted by Gasteiger charge is 2.11. The van der Waals surface area contributed by atoms with Crippen LogP contribution in [0.15, 0.2) is 11.4 Å². The summed E-state index contributed by atoms with van der Waals surface area (Å²) in [7, 11) is 0. The number of aromatic nitrogens is 2. The topological polar surface area (TPSA) is 37.8 Å². The molecule has 2 aromatic heterocycles. The molecule has 0 bridgehead atoms. The maximum atomic E-state index is 4.26. The summed E-state index contributed by atoms with van der Waals surface area (Å²) in [6, 6.07) is 2.17. The zero-order valence-corrected chi connectivity index (χ0v) is 11.1. The third kappa shape index (κ3) is 2.48. The van der Waals surface area contributed by atoms with E-state index in [2.05, 4.69) is 40.8 Å². The fourth-order valence-electron chi connectivity index (χ4n) is 1.45. The Morgan fingerprint density at radius 3 is 2.94 bits per heavy atom. The van der Waals surface area contributed by atoms with Crippen molar-refractivity contribution in [3.05, 3.63) is 22.0 Å². The predicted octanol–water partition coefficient (Wildman–Crippen LogP) is 2.94. The first-order valence-electron chi connectivity index (χ1n) is 5.45. The molecule has 0 radical (unpaired) electrons. The van der Waals surface area contributed by atoms with Crippen molar-refractivity contribution in [2.24, 2.45) is 0 Å². The molecule has 16 heavy (non-hydrogen) atoms. The van der Waals surface area contributed by atoms with Crippen molar-refractivity contribution < 1.29 is 0 Å². The molecule has 0 atom stereocenters. The lowest BCUT2D eigenvalue weighted by atomic mass is 10.2. The van der Waals surface area contributed by atoms with Gasteiger partial charge in [-0.05, 0) is 30.0 Å². The van der Waals surface area contributed by atoms with Crippen molar-refractivity contribution in [2.75, 3.05) is 6.54 Å². The zero-order chi connectivity index (χ0) is 11.4. The fourth-order valence-corrected chi connectivity index (χ4v) is 3.38. The molecule has 86 valence electrons. The first-order chi connectivity index (χ1) is 7.85. The van der Waals surface area contributed by atoms with Crippen LogP contribution in [0.2, 0.25) is 0 Å². The molecule has 1 N–H and O–H groups in total. The fraction of sp³-hybridized carbons (Fsp3) is 0.455. The standard InChI is InChI=1S/C11H15N3S2/c1-3-8-5-6-15-10(8)11-14-13-9(16-11)7-12-4-2/h5-6,12H,3-4,7H2,1-2H3. The van der Waals surface area contributed by atoms with Gasteiger partial charge in [-0.25, -0.2) is 0 Å². The smallest absolute Gasteiger partial charge is 0.158 e. The molecular formula is C11H15N3S2. The lowest BCUT2D eigenvalue weighted by molar-refractivity contribution is 0.715. The van der Waals surface area contributed by atoms with E-state index in [-0.39, 0.29) is 0 Å². The Kier molecular flexibility index (Phi) is 4.04. The molecule has 2 rings (SSSR count). The number of hydrogen-bond donors (Lipinski definition) is 1. The van der Waals surface area contributed by atoms with Crippen LogP contribution in [0.3, 0.4) is 0 Å². The molecule has 0 spiro atoms. The van der Waals surface area contributed by atoms with Crippen LogP contribution in [0.1, 0.15) is 24.4 Å². The Morgan fingerprint density at radius 2 is 2.19 bits per heavy atom. The summed E-state index contributed by atoms with van der Waals surface area (Å²) in [4.78, 5) is 1.28. The average Bonchev–Trinajstić information content (AvgIpc) is 2.94. The zero-order valence-electron chi connectivity index (χ0n) is 9.49. The lowest BCUT2D eigenvalue weighted by Crippen LogP contribution is -2.11. The minimum Gasteiger partial charge on any atom is -0.311 e. The lowest BCUT2D eigenvalue weighted by Gasteiger charge is -1.95. The number of rotatable bonds is 5. The van der Waals surface area contributed by atoms with E-state index in [9.17, 15) is 0 Å². The number of thiophene rings is 1. The summed E-state index contributed by atoms with van der Waals surface area (Å²) in [6.07, 6.45) is 1.06. The Bertz CT molecular complexity index is 448. The molecular weight excluding hydrogens is 238 g/mol. The SMILES string of the molecule is CCNCc1nnc(-c2sccc2CC)s1. The van der Waals surface area contributed by atoms with Gasteiger partial charge in [-0.3, -0.25) is 0 Å². The van der Waals surface area contributed by atoms with E-state index in [0.717, 1.165) is 29.5 Å². The molecule has 5 heteroatoms. The maximum absolute atomic E-state index is 4.26. The minimum absolute atomic E-state index is 0.820. The van der Waals surface area contributed by atoms with Crippen LogP contribution in [0, 0.1) is 0 Å². The highest BCUT2D eigenvalue weighted by Crippen LogP contribution is 2.32. The molecule has 0 aromatic carbocycles. The number of nitrogens with zero attached hydrogens (tertiary/aromatic N) is 2. The highest BCUT2D eigenvalue weighted by atomic mass is 32.1. The van der Waals surface area contributed by atoms with Crippen LogP contribution in [0.5, 0.6) is 0 Å². The molecule has 0 aliphatic heterocycles. The molecule has 0 aliphatic rings. The van der Waals surface area contributed by atoms with Gasteiger partial charge in [0.15, 0.2) is 5.01 Å². The van der Waals surface area contributed by atoms with Crippen molar-refractivity contribution in [1.29, 1.82) is 0 Å². The van der Waals surface area contributed by atoms with Crippen LogP contribution in [-0.2, 0) is 13.0 Å². The van der Waals surface area contributed by atoms with E-state index < -0.39 is 0 Å². The van der Waals surface area contributed by atoms with E-state index >= 15 is 0 Å². The van der Waals surface area contributed by atoms with Crippen LogP contribution in [0.25, 0.3) is 9.88 Å². The summed E-state index contributed by atoms with van der Waals surface area (Å²) < 4.78 is 0. The van der Waals surface area contributed by atoms with Gasteiger partial charge in [0.25, 0.3) is 0 Å². The van der Waals surface area contributed by atoms with Crippen molar-refractivity contribution in [1.82, 2.24) is 15.5 Å². The largest absolute Gasteiger partial charge is 0.311 e. The molecule has 0 saturated carbocycles. The predicted molar refractivity (Wildman–Crippen MR) is 70.0 cm³/mol. The third-order valence-electron chi connectivity index (χ3n) is 2.31. The van der Waals surface area contributed by atoms with Gasteiger partial charge in [0.05, 0.1) is 4.88 Å². The van der Waals surface area contributed by atoms with Gasteiger partial charge in [0, 0.05) is 6.54 Å². The van der Waals surface area contributed by atoms with E-state index in [1.54, 1.807) is 22.7 Å². The Balaban J connectivity index is 2.18. The van der Waals surface area contributed by atoms with Gasteiger partial charge in [-0.1, -0.05) is 25.2 Å². The minimum atomic E-state index is 0.820. The van der Waals surface area contributed by atoms with Gasteiger partial charge in [0.1, 0.15) is 5.01 Å². The Hall–Kier alpha value is -0.780.